The molecule has 0 N–H and O–H groups in total. The van der Waals surface area contributed by atoms with Crippen molar-refractivity contribution in [2.75, 3.05) is 33.9 Å². The predicted octanol–water partition coefficient (Wildman–Crippen LogP) is 3.19. The van der Waals surface area contributed by atoms with E-state index < -0.39 is 0 Å². The van der Waals surface area contributed by atoms with Gasteiger partial charge in [0, 0.05) is 5.56 Å². The first kappa shape index (κ1) is 27.5. The summed E-state index contributed by atoms with van der Waals surface area (Å²) in [6.45, 7) is 12.4. The fourth-order valence-corrected chi connectivity index (χ4v) is 4.71. The molecule has 0 aliphatic carbocycles. The number of benzene rings is 2. The van der Waals surface area contributed by atoms with E-state index in [0.717, 1.165) is 36.2 Å². The summed E-state index contributed by atoms with van der Waals surface area (Å²) in [5, 5.41) is 0. The Bertz CT molecular complexity index is 707. The van der Waals surface area contributed by atoms with Gasteiger partial charge in [0.1, 0.15) is 31.0 Å². The molecular formula is C27H42ClNO2. The minimum absolute atomic E-state index is 0. The van der Waals surface area contributed by atoms with E-state index in [4.69, 9.17) is 9.47 Å². The van der Waals surface area contributed by atoms with Gasteiger partial charge in [-0.05, 0) is 36.8 Å². The highest BCUT2D eigenvalue weighted by molar-refractivity contribution is 5.20. The van der Waals surface area contributed by atoms with E-state index >= 15 is 0 Å². The van der Waals surface area contributed by atoms with Crippen LogP contribution in [0.3, 0.4) is 0 Å². The first-order chi connectivity index (χ1) is 14.2. The molecule has 0 atom stereocenters. The second-order valence-corrected chi connectivity index (χ2v) is 10.1. The quantitative estimate of drug-likeness (QED) is 0.347. The summed E-state index contributed by atoms with van der Waals surface area (Å²) in [7, 11) is 4.65. The van der Waals surface area contributed by atoms with Crippen LogP contribution in [0.15, 0.2) is 60.7 Å². The molecule has 0 radical (unpaired) electrons. The van der Waals surface area contributed by atoms with Crippen LogP contribution in [0.2, 0.25) is 0 Å². The molecule has 0 aliphatic rings. The summed E-state index contributed by atoms with van der Waals surface area (Å²) in [6, 6.07) is 20.8. The smallest absolute Gasteiger partial charge is 0.119 e. The van der Waals surface area contributed by atoms with Crippen molar-refractivity contribution in [3.8, 4) is 5.75 Å². The van der Waals surface area contributed by atoms with E-state index in [1.165, 1.54) is 5.56 Å². The van der Waals surface area contributed by atoms with Gasteiger partial charge in [-0.25, -0.2) is 0 Å². The van der Waals surface area contributed by atoms with E-state index in [1.807, 2.05) is 30.3 Å². The first-order valence-corrected chi connectivity index (χ1v) is 11.4. The van der Waals surface area contributed by atoms with Gasteiger partial charge in [0.2, 0.25) is 0 Å². The molecule has 0 saturated heterocycles. The van der Waals surface area contributed by atoms with Crippen molar-refractivity contribution in [2.45, 2.75) is 52.7 Å². The molecule has 3 nitrogen and oxygen atoms in total. The molecule has 0 unspecified atom stereocenters. The third-order valence-electron chi connectivity index (χ3n) is 5.23. The maximum absolute atomic E-state index is 6.71. The maximum Gasteiger partial charge on any atom is 0.119 e. The number of nitrogens with zero attached hydrogens (tertiary/aromatic N) is 1. The second-order valence-electron chi connectivity index (χ2n) is 10.1. The number of hydrogen-bond acceptors (Lipinski definition) is 2. The molecule has 4 heteroatoms. The zero-order valence-electron chi connectivity index (χ0n) is 20.3. The van der Waals surface area contributed by atoms with Gasteiger partial charge in [0.25, 0.3) is 0 Å². The van der Waals surface area contributed by atoms with Crippen LogP contribution in [-0.2, 0) is 11.3 Å². The highest BCUT2D eigenvalue weighted by atomic mass is 35.5. The van der Waals surface area contributed by atoms with Crippen molar-refractivity contribution in [3.05, 3.63) is 66.2 Å². The van der Waals surface area contributed by atoms with Gasteiger partial charge >= 0.3 is 0 Å². The molecule has 174 valence electrons. The lowest BCUT2D eigenvalue weighted by Crippen LogP contribution is -3.00. The number of ether oxygens (including phenoxy) is 2. The third-order valence-corrected chi connectivity index (χ3v) is 5.23. The van der Waals surface area contributed by atoms with Crippen LogP contribution < -0.4 is 17.1 Å². The Hall–Kier alpha value is -1.55. The minimum Gasteiger partial charge on any atom is -1.00 e. The van der Waals surface area contributed by atoms with Gasteiger partial charge in [-0.3, -0.25) is 0 Å². The summed E-state index contributed by atoms with van der Waals surface area (Å²) in [4.78, 5) is 0. The Labute approximate surface area is 196 Å². The Morgan fingerprint density at radius 2 is 1.29 bits per heavy atom. The molecule has 2 aromatic carbocycles. The van der Waals surface area contributed by atoms with Crippen LogP contribution in [0.1, 0.15) is 46.1 Å². The molecule has 0 bridgehead atoms. The number of quaternary nitrogens is 1. The number of halogens is 1. The monoisotopic (exact) mass is 447 g/mol. The van der Waals surface area contributed by atoms with E-state index in [0.29, 0.717) is 25.0 Å². The molecule has 0 aliphatic heterocycles. The molecule has 2 rings (SSSR count). The molecule has 2 aromatic rings. The summed E-state index contributed by atoms with van der Waals surface area (Å²) in [5.74, 6) is 2.06. The highest BCUT2D eigenvalue weighted by Gasteiger charge is 2.39. The standard InChI is InChI=1S/C27H42NO2.ClH/c1-23(2)19-27(20-24(3)4,30-18-17-29-26-15-11-8-12-16-26)22-28(5,6)21-25-13-9-7-10-14-25;/h7-16,23-24H,17-22H2,1-6H3;1H/q+1;/p-1. The Kier molecular flexibility index (Phi) is 11.6. The van der Waals surface area contributed by atoms with Crippen LogP contribution in [0, 0.1) is 11.8 Å². The predicted molar refractivity (Wildman–Crippen MR) is 127 cm³/mol. The zero-order valence-corrected chi connectivity index (χ0v) is 21.1. The highest BCUT2D eigenvalue weighted by Crippen LogP contribution is 2.32. The molecule has 0 spiro atoms. The molecule has 0 aromatic heterocycles. The Balaban J connectivity index is 0.00000480. The normalized spacial score (nSPS) is 12.1. The van der Waals surface area contributed by atoms with Gasteiger partial charge in [-0.15, -0.1) is 0 Å². The summed E-state index contributed by atoms with van der Waals surface area (Å²) in [5.41, 5.74) is 1.22. The van der Waals surface area contributed by atoms with Gasteiger partial charge in [0.15, 0.2) is 0 Å². The molecule has 0 amide bonds. The summed E-state index contributed by atoms with van der Waals surface area (Å²) >= 11 is 0. The van der Waals surface area contributed by atoms with Crippen molar-refractivity contribution >= 4 is 0 Å². The van der Waals surface area contributed by atoms with Gasteiger partial charge < -0.3 is 26.4 Å². The number of para-hydroxylation sites is 1. The van der Waals surface area contributed by atoms with Crippen molar-refractivity contribution in [1.82, 2.24) is 0 Å². The van der Waals surface area contributed by atoms with Crippen molar-refractivity contribution in [3.63, 3.8) is 0 Å². The van der Waals surface area contributed by atoms with Crippen molar-refractivity contribution in [2.24, 2.45) is 11.8 Å². The number of rotatable bonds is 13. The van der Waals surface area contributed by atoms with Gasteiger partial charge in [0.05, 0.1) is 20.7 Å². The SMILES string of the molecule is CC(C)CC(CC(C)C)(C[N+](C)(C)Cc1ccccc1)OCCOc1ccccc1.[Cl-]. The zero-order chi connectivity index (χ0) is 22.0. The Morgan fingerprint density at radius 1 is 0.774 bits per heavy atom. The largest absolute Gasteiger partial charge is 1.00 e. The van der Waals surface area contributed by atoms with Crippen LogP contribution in [0.4, 0.5) is 0 Å². The molecule has 0 heterocycles. The molecule has 31 heavy (non-hydrogen) atoms. The average molecular weight is 448 g/mol. The summed E-state index contributed by atoms with van der Waals surface area (Å²) < 4.78 is 13.5. The lowest BCUT2D eigenvalue weighted by atomic mass is 9.83. The topological polar surface area (TPSA) is 18.5 Å². The van der Waals surface area contributed by atoms with Crippen LogP contribution in [0.5, 0.6) is 5.75 Å². The lowest BCUT2D eigenvalue weighted by Gasteiger charge is -2.43. The van der Waals surface area contributed by atoms with Crippen LogP contribution >= 0.6 is 0 Å². The van der Waals surface area contributed by atoms with Crippen LogP contribution in [0.25, 0.3) is 0 Å². The number of hydrogen-bond donors (Lipinski definition) is 0. The first-order valence-electron chi connectivity index (χ1n) is 11.4. The van der Waals surface area contributed by atoms with Crippen molar-refractivity contribution < 1.29 is 26.4 Å². The third kappa shape index (κ3) is 10.5. The fourth-order valence-electron chi connectivity index (χ4n) is 4.71. The van der Waals surface area contributed by atoms with E-state index in [9.17, 15) is 0 Å². The second kappa shape index (κ2) is 13.1. The Morgan fingerprint density at radius 3 is 1.81 bits per heavy atom. The molecule has 0 saturated carbocycles. The van der Waals surface area contributed by atoms with E-state index in [-0.39, 0.29) is 18.0 Å². The van der Waals surface area contributed by atoms with E-state index in [1.54, 1.807) is 0 Å². The fraction of sp³-hybridized carbons (Fsp3) is 0.556. The molecular weight excluding hydrogens is 406 g/mol. The summed E-state index contributed by atoms with van der Waals surface area (Å²) in [6.07, 6.45) is 2.12. The molecule has 0 fully saturated rings. The number of likely N-dealkylation sites (N-methyl/N-ethyl adjacent to an activating group) is 1. The van der Waals surface area contributed by atoms with Crippen LogP contribution in [-0.4, -0.2) is 43.9 Å². The lowest BCUT2D eigenvalue weighted by molar-refractivity contribution is -0.910. The average Bonchev–Trinajstić information content (AvgIpc) is 2.65. The maximum atomic E-state index is 6.71. The minimum atomic E-state index is -0.152. The van der Waals surface area contributed by atoms with E-state index in [2.05, 4.69) is 72.1 Å². The van der Waals surface area contributed by atoms with Crippen molar-refractivity contribution in [1.29, 1.82) is 0 Å². The van der Waals surface area contributed by atoms with Gasteiger partial charge in [-0.2, -0.15) is 0 Å². The van der Waals surface area contributed by atoms with Gasteiger partial charge in [-0.1, -0.05) is 76.2 Å².